The summed E-state index contributed by atoms with van der Waals surface area (Å²) in [5.74, 6) is -0.0176. The molecule has 0 N–H and O–H groups in total. The second kappa shape index (κ2) is 4.94. The van der Waals surface area contributed by atoms with Crippen LogP contribution >= 0.6 is 15.9 Å². The van der Waals surface area contributed by atoms with Gasteiger partial charge in [0.05, 0.1) is 29.2 Å². The Morgan fingerprint density at radius 2 is 1.85 bits per heavy atom. The lowest BCUT2D eigenvalue weighted by molar-refractivity contribution is 0.00578. The molecule has 4 nitrogen and oxygen atoms in total. The van der Waals surface area contributed by atoms with E-state index in [1.165, 1.54) is 0 Å². The van der Waals surface area contributed by atoms with Gasteiger partial charge in [-0.25, -0.2) is 0 Å². The van der Waals surface area contributed by atoms with Gasteiger partial charge in [-0.1, -0.05) is 15.9 Å². The zero-order valence-electron chi connectivity index (χ0n) is 12.4. The summed E-state index contributed by atoms with van der Waals surface area (Å²) in [5.41, 5.74) is -0.660. The van der Waals surface area contributed by atoms with E-state index in [4.69, 9.17) is 14.0 Å². The Bertz CT molecular complexity index is 443. The van der Waals surface area contributed by atoms with Gasteiger partial charge in [0.2, 0.25) is 0 Å². The van der Waals surface area contributed by atoms with E-state index in [1.807, 2.05) is 6.21 Å². The van der Waals surface area contributed by atoms with Gasteiger partial charge in [-0.15, -0.1) is 0 Å². The van der Waals surface area contributed by atoms with Crippen molar-refractivity contribution in [2.45, 2.75) is 69.8 Å². The predicted octanol–water partition coefficient (Wildman–Crippen LogP) is 3.32. The minimum atomic E-state index is -0.330. The van der Waals surface area contributed by atoms with Gasteiger partial charge < -0.3 is 14.0 Å². The van der Waals surface area contributed by atoms with Gasteiger partial charge in [0, 0.05) is 16.9 Å². The lowest BCUT2D eigenvalue weighted by Crippen LogP contribution is -2.41. The van der Waals surface area contributed by atoms with Crippen LogP contribution in [0.3, 0.4) is 0 Å². The van der Waals surface area contributed by atoms with Crippen molar-refractivity contribution in [1.29, 1.82) is 0 Å². The van der Waals surface area contributed by atoms with E-state index in [-0.39, 0.29) is 30.2 Å². The lowest BCUT2D eigenvalue weighted by Gasteiger charge is -2.32. The second-order valence-corrected chi connectivity index (χ2v) is 7.69. The monoisotopic (exact) mass is 341 g/mol. The molecule has 0 aromatic carbocycles. The number of halogens is 1. The van der Waals surface area contributed by atoms with Crippen molar-refractivity contribution >= 4 is 29.3 Å². The van der Waals surface area contributed by atoms with Gasteiger partial charge in [-0.05, 0) is 40.5 Å². The number of hydrogen-bond acceptors (Lipinski definition) is 4. The molecular formula is C14H21BBrNO3. The average molecular weight is 342 g/mol. The maximum absolute atomic E-state index is 6.14. The Kier molecular flexibility index (Phi) is 3.64. The largest absolute Gasteiger partial charge is 0.469 e. The minimum Gasteiger partial charge on any atom is -0.403 e. The molecule has 6 heteroatoms. The Morgan fingerprint density at radius 1 is 1.25 bits per heavy atom. The first-order chi connectivity index (χ1) is 9.30. The molecule has 2 fully saturated rings. The normalized spacial score (nSPS) is 35.2. The molecule has 0 bridgehead atoms. The Morgan fingerprint density at radius 3 is 2.40 bits per heavy atom. The lowest BCUT2D eigenvalue weighted by atomic mass is 9.68. The Hall–Kier alpha value is -0.165. The fraction of sp³-hybridized carbons (Fsp3) is 0.786. The molecule has 1 saturated carbocycles. The number of aliphatic imine (C=N–C) groups is 1. The van der Waals surface area contributed by atoms with Crippen molar-refractivity contribution in [1.82, 2.24) is 0 Å². The predicted molar refractivity (Wildman–Crippen MR) is 83.2 cm³/mol. The average Bonchev–Trinajstić information content (AvgIpc) is 3.10. The number of rotatable bonds is 3. The van der Waals surface area contributed by atoms with Crippen molar-refractivity contribution in [3.05, 3.63) is 10.7 Å². The first-order valence-corrected chi connectivity index (χ1v) is 7.99. The molecule has 2 unspecified atom stereocenters. The van der Waals surface area contributed by atoms with Crippen LogP contribution in [0.15, 0.2) is 15.7 Å². The second-order valence-electron chi connectivity index (χ2n) is 6.77. The molecule has 110 valence electrons. The molecule has 3 aliphatic rings. The SMILES string of the molecule is CC1(C)OB(C2C=NC=C(Br)C2OC2CC2)OC1(C)C. The van der Waals surface area contributed by atoms with Crippen molar-refractivity contribution in [2.24, 2.45) is 4.99 Å². The van der Waals surface area contributed by atoms with Crippen LogP contribution in [0, 0.1) is 0 Å². The highest BCUT2D eigenvalue weighted by atomic mass is 79.9. The zero-order chi connectivity index (χ0) is 14.5. The number of hydrogen-bond donors (Lipinski definition) is 0. The van der Waals surface area contributed by atoms with E-state index in [0.717, 1.165) is 17.3 Å². The molecule has 0 spiro atoms. The summed E-state index contributed by atoms with van der Waals surface area (Å²) in [5, 5.41) is 0. The molecule has 1 saturated heterocycles. The fourth-order valence-electron chi connectivity index (χ4n) is 2.38. The van der Waals surface area contributed by atoms with E-state index in [1.54, 1.807) is 6.20 Å². The molecule has 20 heavy (non-hydrogen) atoms. The van der Waals surface area contributed by atoms with Gasteiger partial charge >= 0.3 is 7.12 Å². The molecule has 0 radical (unpaired) electrons. The highest BCUT2D eigenvalue weighted by Gasteiger charge is 2.56. The highest BCUT2D eigenvalue weighted by Crippen LogP contribution is 2.44. The topological polar surface area (TPSA) is 40.0 Å². The van der Waals surface area contributed by atoms with E-state index in [9.17, 15) is 0 Å². The van der Waals surface area contributed by atoms with Crippen LogP contribution in [-0.4, -0.2) is 36.7 Å². The van der Waals surface area contributed by atoms with Crippen molar-refractivity contribution in [3.8, 4) is 0 Å². The van der Waals surface area contributed by atoms with Crippen molar-refractivity contribution < 1.29 is 14.0 Å². The molecule has 2 heterocycles. The summed E-state index contributed by atoms with van der Waals surface area (Å²) in [6, 6.07) is 0. The third-order valence-electron chi connectivity index (χ3n) is 4.53. The standard InChI is InChI=1S/C14H21BBrNO3/c1-13(2)14(3,4)20-15(19-13)10-7-17-8-11(16)12(10)18-9-5-6-9/h7-10,12H,5-6H2,1-4H3. The maximum atomic E-state index is 6.14. The molecule has 1 aliphatic carbocycles. The summed E-state index contributed by atoms with van der Waals surface area (Å²) < 4.78 is 19.4. The number of ether oxygens (including phenoxy) is 1. The Labute approximate surface area is 129 Å². The fourth-order valence-corrected chi connectivity index (χ4v) is 2.91. The van der Waals surface area contributed by atoms with Crippen LogP contribution in [0.5, 0.6) is 0 Å². The maximum Gasteiger partial charge on any atom is 0.469 e. The van der Waals surface area contributed by atoms with Gasteiger partial charge in [0.15, 0.2) is 0 Å². The van der Waals surface area contributed by atoms with Crippen LogP contribution in [0.4, 0.5) is 0 Å². The molecule has 0 aromatic heterocycles. The van der Waals surface area contributed by atoms with E-state index in [0.29, 0.717) is 6.10 Å². The zero-order valence-corrected chi connectivity index (χ0v) is 14.0. The van der Waals surface area contributed by atoms with Crippen LogP contribution < -0.4 is 0 Å². The minimum absolute atomic E-state index is 0.0176. The van der Waals surface area contributed by atoms with Crippen LogP contribution in [0.25, 0.3) is 0 Å². The van der Waals surface area contributed by atoms with Crippen LogP contribution in [-0.2, 0) is 14.0 Å². The molecule has 0 aromatic rings. The van der Waals surface area contributed by atoms with Gasteiger partial charge in [0.1, 0.15) is 0 Å². The third kappa shape index (κ3) is 2.63. The van der Waals surface area contributed by atoms with E-state index in [2.05, 4.69) is 48.6 Å². The summed E-state index contributed by atoms with van der Waals surface area (Å²) in [7, 11) is -0.325. The van der Waals surface area contributed by atoms with Gasteiger partial charge in [-0.2, -0.15) is 0 Å². The quantitative estimate of drug-likeness (QED) is 0.739. The van der Waals surface area contributed by atoms with Crippen LogP contribution in [0.1, 0.15) is 40.5 Å². The summed E-state index contributed by atoms with van der Waals surface area (Å²) in [6.45, 7) is 8.26. The van der Waals surface area contributed by atoms with E-state index < -0.39 is 0 Å². The highest BCUT2D eigenvalue weighted by molar-refractivity contribution is 9.11. The van der Waals surface area contributed by atoms with Gasteiger partial charge in [0.25, 0.3) is 0 Å². The summed E-state index contributed by atoms with van der Waals surface area (Å²) in [4.78, 5) is 4.28. The third-order valence-corrected chi connectivity index (χ3v) is 5.18. The van der Waals surface area contributed by atoms with Gasteiger partial charge in [-0.3, -0.25) is 4.99 Å². The smallest absolute Gasteiger partial charge is 0.403 e. The molecule has 2 atom stereocenters. The number of nitrogens with zero attached hydrogens (tertiary/aromatic N) is 1. The van der Waals surface area contributed by atoms with Crippen LogP contribution in [0.2, 0.25) is 5.82 Å². The summed E-state index contributed by atoms with van der Waals surface area (Å²) >= 11 is 3.57. The Balaban J connectivity index is 1.78. The van der Waals surface area contributed by atoms with Crippen molar-refractivity contribution in [3.63, 3.8) is 0 Å². The molecule has 0 amide bonds. The first-order valence-electron chi connectivity index (χ1n) is 7.20. The van der Waals surface area contributed by atoms with Crippen molar-refractivity contribution in [2.75, 3.05) is 0 Å². The molecular weight excluding hydrogens is 321 g/mol. The summed E-state index contributed by atoms with van der Waals surface area (Å²) in [6.07, 6.45) is 6.29. The molecule has 3 rings (SSSR count). The first kappa shape index (κ1) is 14.8. The van der Waals surface area contributed by atoms with E-state index >= 15 is 0 Å². The molecule has 2 aliphatic heterocycles.